The smallest absolute Gasteiger partial charge is 0.227 e. The van der Waals surface area contributed by atoms with Crippen LogP contribution in [0.2, 0.25) is 0 Å². The first-order chi connectivity index (χ1) is 11.2. The van der Waals surface area contributed by atoms with E-state index in [-0.39, 0.29) is 5.91 Å². The molecule has 116 valence electrons. The molecule has 0 unspecified atom stereocenters. The van der Waals surface area contributed by atoms with E-state index in [0.717, 1.165) is 16.7 Å². The van der Waals surface area contributed by atoms with E-state index < -0.39 is 0 Å². The van der Waals surface area contributed by atoms with E-state index >= 15 is 0 Å². The Morgan fingerprint density at radius 2 is 1.91 bits per heavy atom. The molecule has 3 rings (SSSR count). The lowest BCUT2D eigenvalue weighted by Gasteiger charge is -2.08. The molecule has 0 fully saturated rings. The number of hydrogen-bond acceptors (Lipinski definition) is 3. The molecule has 23 heavy (non-hydrogen) atoms. The molecule has 3 aromatic rings. The maximum atomic E-state index is 12.0. The summed E-state index contributed by atoms with van der Waals surface area (Å²) in [4.78, 5) is 16.3. The molecule has 2 aromatic carbocycles. The maximum absolute atomic E-state index is 12.0. The van der Waals surface area contributed by atoms with Crippen LogP contribution in [-0.4, -0.2) is 17.5 Å². The Balaban J connectivity index is 1.53. The molecule has 0 bridgehead atoms. The van der Waals surface area contributed by atoms with Gasteiger partial charge in [-0.1, -0.05) is 35.9 Å². The average Bonchev–Trinajstić information content (AvgIpc) is 2.56. The van der Waals surface area contributed by atoms with Crippen LogP contribution in [0.5, 0.6) is 5.75 Å². The van der Waals surface area contributed by atoms with Crippen LogP contribution in [0.4, 0.5) is 5.69 Å². The lowest BCUT2D eigenvalue weighted by molar-refractivity contribution is -0.116. The van der Waals surface area contributed by atoms with Crippen molar-refractivity contribution in [3.63, 3.8) is 0 Å². The van der Waals surface area contributed by atoms with Gasteiger partial charge < -0.3 is 10.1 Å². The van der Waals surface area contributed by atoms with Crippen LogP contribution < -0.4 is 10.1 Å². The molecule has 1 aromatic heterocycles. The van der Waals surface area contributed by atoms with Crippen LogP contribution in [0.15, 0.2) is 60.8 Å². The third-order valence-electron chi connectivity index (χ3n) is 3.49. The fraction of sp³-hybridized carbons (Fsp3) is 0.158. The number of pyridine rings is 1. The highest BCUT2D eigenvalue weighted by atomic mass is 16.5. The summed E-state index contributed by atoms with van der Waals surface area (Å²) in [5.74, 6) is 0.685. The van der Waals surface area contributed by atoms with Crippen LogP contribution in [0.25, 0.3) is 10.9 Å². The molecular formula is C19H18N2O2. The number of anilines is 1. The van der Waals surface area contributed by atoms with Crippen LogP contribution in [-0.2, 0) is 4.79 Å². The van der Waals surface area contributed by atoms with Crippen molar-refractivity contribution in [3.8, 4) is 5.75 Å². The first-order valence-corrected chi connectivity index (χ1v) is 7.55. The number of carbonyl (C=O) groups excluding carboxylic acids is 1. The molecule has 0 radical (unpaired) electrons. The van der Waals surface area contributed by atoms with Gasteiger partial charge in [0.05, 0.1) is 30.4 Å². The van der Waals surface area contributed by atoms with Crippen LogP contribution in [0.3, 0.4) is 0 Å². The first kappa shape index (κ1) is 15.0. The Morgan fingerprint density at radius 3 is 2.74 bits per heavy atom. The normalized spacial score (nSPS) is 10.5. The van der Waals surface area contributed by atoms with Crippen molar-refractivity contribution in [1.82, 2.24) is 4.98 Å². The third-order valence-corrected chi connectivity index (χ3v) is 3.49. The zero-order chi connectivity index (χ0) is 16.1. The molecule has 0 saturated heterocycles. The summed E-state index contributed by atoms with van der Waals surface area (Å²) in [5, 5.41) is 3.85. The van der Waals surface area contributed by atoms with Gasteiger partial charge in [-0.15, -0.1) is 0 Å². The number of nitrogens with zero attached hydrogens (tertiary/aromatic N) is 1. The molecular weight excluding hydrogens is 288 g/mol. The second-order valence-electron chi connectivity index (χ2n) is 5.38. The Morgan fingerprint density at radius 1 is 1.13 bits per heavy atom. The van der Waals surface area contributed by atoms with Gasteiger partial charge >= 0.3 is 0 Å². The van der Waals surface area contributed by atoms with Crippen molar-refractivity contribution in [3.05, 3.63) is 66.4 Å². The number of aryl methyl sites for hydroxylation is 1. The van der Waals surface area contributed by atoms with Crippen molar-refractivity contribution in [2.24, 2.45) is 0 Å². The second kappa shape index (κ2) is 6.92. The lowest BCUT2D eigenvalue weighted by atomic mass is 10.2. The molecule has 0 atom stereocenters. The number of fused-ring (bicyclic) bond motifs is 1. The minimum Gasteiger partial charge on any atom is -0.493 e. The summed E-state index contributed by atoms with van der Waals surface area (Å²) in [5.41, 5.74) is 2.79. The third kappa shape index (κ3) is 4.07. The van der Waals surface area contributed by atoms with E-state index in [4.69, 9.17) is 4.74 Å². The summed E-state index contributed by atoms with van der Waals surface area (Å²) in [6.45, 7) is 2.37. The first-order valence-electron chi connectivity index (χ1n) is 7.55. The quantitative estimate of drug-likeness (QED) is 0.776. The molecule has 4 heteroatoms. The van der Waals surface area contributed by atoms with Gasteiger partial charge in [0, 0.05) is 5.39 Å². The zero-order valence-corrected chi connectivity index (χ0v) is 13.0. The number of hydrogen-bond donors (Lipinski definition) is 1. The van der Waals surface area contributed by atoms with Gasteiger partial charge in [-0.2, -0.15) is 0 Å². The van der Waals surface area contributed by atoms with Gasteiger partial charge in [-0.3, -0.25) is 9.78 Å². The maximum Gasteiger partial charge on any atom is 0.227 e. The highest BCUT2D eigenvalue weighted by Gasteiger charge is 2.04. The second-order valence-corrected chi connectivity index (χ2v) is 5.38. The van der Waals surface area contributed by atoms with E-state index in [9.17, 15) is 4.79 Å². The molecule has 0 aliphatic heterocycles. The van der Waals surface area contributed by atoms with Gasteiger partial charge in [0.25, 0.3) is 0 Å². The predicted octanol–water partition coefficient (Wildman–Crippen LogP) is 3.95. The van der Waals surface area contributed by atoms with Crippen molar-refractivity contribution in [1.29, 1.82) is 0 Å². The van der Waals surface area contributed by atoms with E-state index in [2.05, 4.69) is 10.3 Å². The van der Waals surface area contributed by atoms with Crippen molar-refractivity contribution in [2.45, 2.75) is 13.3 Å². The summed E-state index contributed by atoms with van der Waals surface area (Å²) >= 11 is 0. The minimum atomic E-state index is -0.0887. The Hall–Kier alpha value is -2.88. The van der Waals surface area contributed by atoms with Gasteiger partial charge in [-0.25, -0.2) is 0 Å². The van der Waals surface area contributed by atoms with E-state index in [1.807, 2.05) is 61.5 Å². The summed E-state index contributed by atoms with van der Waals surface area (Å²) in [7, 11) is 0. The van der Waals surface area contributed by atoms with E-state index in [1.54, 1.807) is 6.20 Å². The largest absolute Gasteiger partial charge is 0.493 e. The van der Waals surface area contributed by atoms with E-state index in [0.29, 0.717) is 18.7 Å². The van der Waals surface area contributed by atoms with Crippen molar-refractivity contribution < 1.29 is 9.53 Å². The highest BCUT2D eigenvalue weighted by molar-refractivity contribution is 5.93. The zero-order valence-electron chi connectivity index (χ0n) is 13.0. The molecule has 1 N–H and O–H groups in total. The Kier molecular flexibility index (Phi) is 4.52. The van der Waals surface area contributed by atoms with Gasteiger partial charge in [-0.05, 0) is 31.2 Å². The summed E-state index contributed by atoms with van der Waals surface area (Å²) < 4.78 is 5.56. The van der Waals surface area contributed by atoms with Crippen LogP contribution in [0, 0.1) is 6.92 Å². The standard InChI is InChI=1S/C19H18N2O2/c1-14-6-8-17(9-7-14)23-11-10-19(22)21-16-12-15-4-2-3-5-18(15)20-13-16/h2-9,12-13H,10-11H2,1H3,(H,21,22). The summed E-state index contributed by atoms with van der Waals surface area (Å²) in [6.07, 6.45) is 1.96. The van der Waals surface area contributed by atoms with Gasteiger partial charge in [0.15, 0.2) is 0 Å². The SMILES string of the molecule is Cc1ccc(OCCC(=O)Nc2cnc3ccccc3c2)cc1. The molecule has 0 aliphatic rings. The topological polar surface area (TPSA) is 51.2 Å². The van der Waals surface area contributed by atoms with Crippen molar-refractivity contribution in [2.75, 3.05) is 11.9 Å². The molecule has 0 spiro atoms. The molecule has 0 saturated carbocycles. The monoisotopic (exact) mass is 306 g/mol. The van der Waals surface area contributed by atoms with Crippen LogP contribution in [0.1, 0.15) is 12.0 Å². The summed E-state index contributed by atoms with van der Waals surface area (Å²) in [6, 6.07) is 17.5. The van der Waals surface area contributed by atoms with Crippen molar-refractivity contribution >= 4 is 22.5 Å². The number of benzene rings is 2. The number of nitrogens with one attached hydrogen (secondary N) is 1. The van der Waals surface area contributed by atoms with E-state index in [1.165, 1.54) is 5.56 Å². The molecule has 1 amide bonds. The fourth-order valence-corrected chi connectivity index (χ4v) is 2.26. The highest BCUT2D eigenvalue weighted by Crippen LogP contribution is 2.16. The molecule has 0 aliphatic carbocycles. The van der Waals surface area contributed by atoms with Gasteiger partial charge in [0.1, 0.15) is 5.75 Å². The average molecular weight is 306 g/mol. The number of ether oxygens (including phenoxy) is 1. The van der Waals surface area contributed by atoms with Crippen LogP contribution >= 0.6 is 0 Å². The molecule has 4 nitrogen and oxygen atoms in total. The lowest BCUT2D eigenvalue weighted by Crippen LogP contribution is -2.15. The number of rotatable bonds is 5. The Labute approximate surface area is 135 Å². The molecule has 1 heterocycles. The number of amides is 1. The van der Waals surface area contributed by atoms with Gasteiger partial charge in [0.2, 0.25) is 5.91 Å². The Bertz CT molecular complexity index is 813. The number of carbonyl (C=O) groups is 1. The minimum absolute atomic E-state index is 0.0887. The predicted molar refractivity (Wildman–Crippen MR) is 91.7 cm³/mol. The number of para-hydroxylation sites is 1. The number of aromatic nitrogens is 1. The fourth-order valence-electron chi connectivity index (χ4n) is 2.26.